The van der Waals surface area contributed by atoms with Gasteiger partial charge in [0.15, 0.2) is 0 Å². The molecule has 0 saturated carbocycles. The maximum Gasteiger partial charge on any atom is 0.410 e. The molecule has 2 rings (SSSR count). The van der Waals surface area contributed by atoms with Gasteiger partial charge >= 0.3 is 6.09 Å². The zero-order valence-electron chi connectivity index (χ0n) is 10.6. The van der Waals surface area contributed by atoms with Crippen molar-refractivity contribution in [1.29, 1.82) is 0 Å². The maximum absolute atomic E-state index is 11.8. The minimum absolute atomic E-state index is 0.0819. The van der Waals surface area contributed by atoms with Crippen LogP contribution in [0, 0.1) is 0 Å². The summed E-state index contributed by atoms with van der Waals surface area (Å²) in [6.45, 7) is 9.24. The van der Waals surface area contributed by atoms with Crippen molar-refractivity contribution in [2.24, 2.45) is 0 Å². The zero-order valence-corrected chi connectivity index (χ0v) is 10.6. The second-order valence-corrected chi connectivity index (χ2v) is 5.70. The molecule has 1 amide bonds. The molecule has 0 aromatic rings. The molecule has 0 aliphatic carbocycles. The number of ether oxygens (including phenoxy) is 2. The molecule has 4 heteroatoms. The summed E-state index contributed by atoms with van der Waals surface area (Å²) < 4.78 is 11.0. The molecule has 0 aromatic carbocycles. The summed E-state index contributed by atoms with van der Waals surface area (Å²) in [5, 5.41) is 0. The van der Waals surface area contributed by atoms with Crippen LogP contribution in [0.25, 0.3) is 0 Å². The molecular weight excluding hydrogens is 206 g/mol. The Hall–Kier alpha value is -0.770. The van der Waals surface area contributed by atoms with Gasteiger partial charge in [0.1, 0.15) is 11.7 Å². The molecule has 92 valence electrons. The number of carbonyl (C=O) groups is 1. The number of hydrogen-bond donors (Lipinski definition) is 0. The fourth-order valence-electron chi connectivity index (χ4n) is 2.27. The van der Waals surface area contributed by atoms with Crippen molar-refractivity contribution in [3.05, 3.63) is 0 Å². The van der Waals surface area contributed by atoms with Gasteiger partial charge in [0, 0.05) is 6.54 Å². The van der Waals surface area contributed by atoms with Crippen molar-refractivity contribution < 1.29 is 14.3 Å². The lowest BCUT2D eigenvalue weighted by Gasteiger charge is -2.30. The highest BCUT2D eigenvalue weighted by molar-refractivity contribution is 5.68. The Morgan fingerprint density at radius 2 is 2.25 bits per heavy atom. The number of epoxide rings is 1. The average molecular weight is 227 g/mol. The molecule has 2 aliphatic heterocycles. The molecule has 0 N–H and O–H groups in total. The average Bonchev–Trinajstić information content (AvgIpc) is 2.88. The van der Waals surface area contributed by atoms with Crippen LogP contribution in [0.1, 0.15) is 40.5 Å². The summed E-state index contributed by atoms with van der Waals surface area (Å²) in [6, 6.07) is 0. The van der Waals surface area contributed by atoms with E-state index in [1.54, 1.807) is 4.90 Å². The van der Waals surface area contributed by atoms with Gasteiger partial charge in [-0.3, -0.25) is 0 Å². The van der Waals surface area contributed by atoms with Gasteiger partial charge in [-0.1, -0.05) is 6.92 Å². The highest BCUT2D eigenvalue weighted by atomic mass is 16.6. The number of fused-ring (bicyclic) bond motifs is 1. The van der Waals surface area contributed by atoms with Crippen molar-refractivity contribution in [2.75, 3.05) is 13.1 Å². The summed E-state index contributed by atoms with van der Waals surface area (Å²) in [6.07, 6.45) is 2.00. The van der Waals surface area contributed by atoms with E-state index in [2.05, 4.69) is 6.92 Å². The lowest BCUT2D eigenvalue weighted by molar-refractivity contribution is 0.0217. The summed E-state index contributed by atoms with van der Waals surface area (Å²) in [4.78, 5) is 13.6. The van der Waals surface area contributed by atoms with Crippen LogP contribution in [0.3, 0.4) is 0 Å². The lowest BCUT2D eigenvalue weighted by atomic mass is 9.94. The molecule has 0 aromatic heterocycles. The Bertz CT molecular complexity index is 297. The highest BCUT2D eigenvalue weighted by Gasteiger charge is 2.58. The molecule has 0 spiro atoms. The van der Waals surface area contributed by atoms with Crippen LogP contribution in [0.4, 0.5) is 4.79 Å². The topological polar surface area (TPSA) is 42.1 Å². The minimum atomic E-state index is -0.416. The monoisotopic (exact) mass is 227 g/mol. The van der Waals surface area contributed by atoms with E-state index in [1.165, 1.54) is 0 Å². The molecule has 2 saturated heterocycles. The lowest BCUT2D eigenvalue weighted by Crippen LogP contribution is -2.45. The Morgan fingerprint density at radius 1 is 1.56 bits per heavy atom. The summed E-state index contributed by atoms with van der Waals surface area (Å²) >= 11 is 0. The first kappa shape index (κ1) is 11.7. The van der Waals surface area contributed by atoms with Crippen molar-refractivity contribution in [2.45, 2.75) is 57.8 Å². The number of amides is 1. The minimum Gasteiger partial charge on any atom is -0.444 e. The number of nitrogens with zero attached hydrogens (tertiary/aromatic N) is 1. The van der Waals surface area contributed by atoms with E-state index in [-0.39, 0.29) is 17.8 Å². The smallest absolute Gasteiger partial charge is 0.410 e. The van der Waals surface area contributed by atoms with Gasteiger partial charge < -0.3 is 14.4 Å². The number of hydrogen-bond acceptors (Lipinski definition) is 3. The molecule has 0 radical (unpaired) electrons. The number of likely N-dealkylation sites (tertiary alicyclic amines) is 1. The first-order valence-electron chi connectivity index (χ1n) is 6.02. The van der Waals surface area contributed by atoms with E-state index in [1.807, 2.05) is 20.8 Å². The Morgan fingerprint density at radius 3 is 2.75 bits per heavy atom. The largest absolute Gasteiger partial charge is 0.444 e. The summed E-state index contributed by atoms with van der Waals surface area (Å²) in [5.41, 5.74) is -0.334. The van der Waals surface area contributed by atoms with Crippen molar-refractivity contribution in [1.82, 2.24) is 4.90 Å². The van der Waals surface area contributed by atoms with Gasteiger partial charge in [-0.15, -0.1) is 0 Å². The molecule has 2 heterocycles. The van der Waals surface area contributed by atoms with Crippen LogP contribution in [-0.2, 0) is 9.47 Å². The van der Waals surface area contributed by atoms with E-state index >= 15 is 0 Å². The van der Waals surface area contributed by atoms with E-state index in [9.17, 15) is 4.79 Å². The van der Waals surface area contributed by atoms with Crippen molar-refractivity contribution in [3.63, 3.8) is 0 Å². The molecule has 0 bridgehead atoms. The molecule has 2 aliphatic rings. The van der Waals surface area contributed by atoms with Gasteiger partial charge in [0.05, 0.1) is 12.1 Å². The van der Waals surface area contributed by atoms with Gasteiger partial charge in [-0.05, 0) is 33.6 Å². The fraction of sp³-hybridized carbons (Fsp3) is 0.917. The molecule has 2 atom stereocenters. The van der Waals surface area contributed by atoms with E-state index in [0.29, 0.717) is 6.54 Å². The quantitative estimate of drug-likeness (QED) is 0.645. The molecule has 0 unspecified atom stereocenters. The first-order valence-corrected chi connectivity index (χ1v) is 6.02. The fourth-order valence-corrected chi connectivity index (χ4v) is 2.27. The standard InChI is InChI=1S/C12H21NO3/c1-5-12-6-7-13(8-9(12)15-12)10(14)16-11(2,3)4/h9H,5-8H2,1-4H3/t9-,12-/m1/s1. The predicted octanol–water partition coefficient (Wildman–Crippen LogP) is 2.17. The normalized spacial score (nSPS) is 33.2. The zero-order chi connectivity index (χ0) is 12.0. The maximum atomic E-state index is 11.8. The molecule has 16 heavy (non-hydrogen) atoms. The molecule has 2 fully saturated rings. The van der Waals surface area contributed by atoms with E-state index in [0.717, 1.165) is 19.4 Å². The second kappa shape index (κ2) is 3.62. The Labute approximate surface area is 96.9 Å². The Balaban J connectivity index is 1.87. The Kier molecular flexibility index (Phi) is 2.65. The molecule has 4 nitrogen and oxygen atoms in total. The number of rotatable bonds is 1. The highest BCUT2D eigenvalue weighted by Crippen LogP contribution is 2.46. The van der Waals surface area contributed by atoms with Crippen LogP contribution in [0.2, 0.25) is 0 Å². The first-order chi connectivity index (χ1) is 7.36. The van der Waals surface area contributed by atoms with Crippen LogP contribution in [-0.4, -0.2) is 41.4 Å². The van der Waals surface area contributed by atoms with Crippen molar-refractivity contribution in [3.8, 4) is 0 Å². The summed E-state index contributed by atoms with van der Waals surface area (Å²) in [5.74, 6) is 0. The predicted molar refractivity (Wildman–Crippen MR) is 60.3 cm³/mol. The molecular formula is C12H21NO3. The third-order valence-electron chi connectivity index (χ3n) is 3.35. The number of carbonyl (C=O) groups excluding carboxylic acids is 1. The van der Waals surface area contributed by atoms with Crippen LogP contribution < -0.4 is 0 Å². The van der Waals surface area contributed by atoms with E-state index < -0.39 is 5.60 Å². The van der Waals surface area contributed by atoms with Crippen molar-refractivity contribution >= 4 is 6.09 Å². The third kappa shape index (κ3) is 2.17. The third-order valence-corrected chi connectivity index (χ3v) is 3.35. The van der Waals surface area contributed by atoms with Gasteiger partial charge in [-0.2, -0.15) is 0 Å². The second-order valence-electron chi connectivity index (χ2n) is 5.70. The number of piperidine rings is 1. The van der Waals surface area contributed by atoms with Crippen LogP contribution >= 0.6 is 0 Å². The van der Waals surface area contributed by atoms with Gasteiger partial charge in [0.2, 0.25) is 0 Å². The van der Waals surface area contributed by atoms with Crippen LogP contribution in [0.15, 0.2) is 0 Å². The van der Waals surface area contributed by atoms with E-state index in [4.69, 9.17) is 9.47 Å². The summed E-state index contributed by atoms with van der Waals surface area (Å²) in [7, 11) is 0. The van der Waals surface area contributed by atoms with Gasteiger partial charge in [0.25, 0.3) is 0 Å². The van der Waals surface area contributed by atoms with Crippen LogP contribution in [0.5, 0.6) is 0 Å². The SMILES string of the molecule is CC[C@@]12CCN(C(=O)OC(C)(C)C)C[C@H]1O2. The van der Waals surface area contributed by atoms with Gasteiger partial charge in [-0.25, -0.2) is 4.79 Å².